The fourth-order valence-corrected chi connectivity index (χ4v) is 4.28. The summed E-state index contributed by atoms with van der Waals surface area (Å²) in [4.78, 5) is 29.8. The number of ether oxygens (including phenoxy) is 4. The number of anilines is 1. The molecule has 0 aliphatic carbocycles. The van der Waals surface area contributed by atoms with Crippen LogP contribution >= 0.6 is 0 Å². The molecule has 1 amide bonds. The number of amidine groups is 1. The molecule has 1 aromatic carbocycles. The maximum absolute atomic E-state index is 14.6. The average Bonchev–Trinajstić information content (AvgIpc) is 2.98. The van der Waals surface area contributed by atoms with E-state index in [1.54, 1.807) is 4.90 Å². The Balaban J connectivity index is 1.47. The molecule has 1 atom stereocenters. The number of amides is 1. The Morgan fingerprint density at radius 2 is 1.80 bits per heavy atom. The third kappa shape index (κ3) is 7.79. The largest absolute Gasteiger partial charge is 0.494 e. The summed E-state index contributed by atoms with van der Waals surface area (Å²) in [5.41, 5.74) is 5.84. The van der Waals surface area contributed by atoms with Crippen LogP contribution in [-0.4, -0.2) is 91.8 Å². The molecule has 222 valence electrons. The Morgan fingerprint density at radius 3 is 2.39 bits per heavy atom. The number of methoxy groups -OCH3 is 2. The molecule has 14 heteroatoms. The second kappa shape index (κ2) is 14.0. The van der Waals surface area contributed by atoms with E-state index >= 15 is 0 Å². The van der Waals surface area contributed by atoms with Crippen LogP contribution in [0.25, 0.3) is 0 Å². The van der Waals surface area contributed by atoms with Gasteiger partial charge in [-0.3, -0.25) is 4.79 Å². The molecule has 2 aliphatic heterocycles. The maximum atomic E-state index is 14.6. The van der Waals surface area contributed by atoms with E-state index in [9.17, 15) is 13.6 Å². The predicted octanol–water partition coefficient (Wildman–Crippen LogP) is 2.30. The van der Waals surface area contributed by atoms with E-state index in [0.717, 1.165) is 38.4 Å². The summed E-state index contributed by atoms with van der Waals surface area (Å²) in [6.07, 6.45) is 6.36. The van der Waals surface area contributed by atoms with E-state index in [2.05, 4.69) is 25.2 Å². The highest BCUT2D eigenvalue weighted by molar-refractivity contribution is 6.08. The Hall–Kier alpha value is -4.04. The minimum absolute atomic E-state index is 0.0225. The molecule has 1 unspecified atom stereocenters. The van der Waals surface area contributed by atoms with Crippen LogP contribution in [0.2, 0.25) is 0 Å². The van der Waals surface area contributed by atoms with Gasteiger partial charge >= 0.3 is 0 Å². The first kappa shape index (κ1) is 29.9. The number of aliphatic imine (C=N–C) groups is 1. The van der Waals surface area contributed by atoms with E-state index in [4.69, 9.17) is 24.7 Å². The van der Waals surface area contributed by atoms with Crippen LogP contribution in [0.1, 0.15) is 24.8 Å². The number of likely N-dealkylation sites (N-methyl/N-ethyl adjacent to an activating group) is 1. The molecule has 41 heavy (non-hydrogen) atoms. The number of nitrogens with zero attached hydrogens (tertiary/aromatic N) is 5. The fraction of sp³-hybridized carbons (Fsp3) is 0.481. The highest BCUT2D eigenvalue weighted by atomic mass is 19.1. The molecule has 2 fully saturated rings. The van der Waals surface area contributed by atoms with E-state index in [0.29, 0.717) is 19.7 Å². The van der Waals surface area contributed by atoms with Gasteiger partial charge in [-0.1, -0.05) is 0 Å². The third-order valence-corrected chi connectivity index (χ3v) is 6.68. The number of hydrogen-bond donors (Lipinski definition) is 2. The molecule has 0 radical (unpaired) electrons. The molecule has 0 saturated carbocycles. The smallest absolute Gasteiger partial charge is 0.269 e. The van der Waals surface area contributed by atoms with Crippen LogP contribution in [0.4, 0.5) is 14.7 Å². The van der Waals surface area contributed by atoms with Crippen molar-refractivity contribution in [1.29, 1.82) is 0 Å². The lowest BCUT2D eigenvalue weighted by Crippen LogP contribution is -2.48. The predicted molar refractivity (Wildman–Crippen MR) is 147 cm³/mol. The van der Waals surface area contributed by atoms with E-state index in [-0.39, 0.29) is 46.2 Å². The molecular formula is C27H35F2N7O5. The zero-order valence-electron chi connectivity index (χ0n) is 23.4. The standard InChI is InChI=1S/C27H35F2N7O5/c1-35-7-9-36(10-8-35)26(37)19(30)12-22(33-23-6-4-5-11-40-23)34-27-31-14-17(15-32-27)41-16-18-24(28)20(38-2)13-21(39-3)25(18)29/h12-15,23H,4-11,16,30H2,1-3H3,(H,31,32,33,34). The van der Waals surface area contributed by atoms with Crippen LogP contribution in [0.5, 0.6) is 17.2 Å². The number of hydrogen-bond acceptors (Lipinski definition) is 10. The number of carbonyl (C=O) groups excluding carboxylic acids is 1. The second-order valence-corrected chi connectivity index (χ2v) is 9.57. The molecule has 2 aliphatic rings. The molecule has 2 saturated heterocycles. The number of nitrogens with two attached hydrogens (primary N) is 1. The first-order valence-electron chi connectivity index (χ1n) is 13.2. The van der Waals surface area contributed by atoms with Crippen molar-refractivity contribution in [2.45, 2.75) is 32.1 Å². The number of benzene rings is 1. The third-order valence-electron chi connectivity index (χ3n) is 6.68. The van der Waals surface area contributed by atoms with Crippen molar-refractivity contribution < 1.29 is 32.5 Å². The van der Waals surface area contributed by atoms with Crippen LogP contribution in [0, 0.1) is 11.6 Å². The van der Waals surface area contributed by atoms with E-state index in [1.807, 2.05) is 7.05 Å². The lowest BCUT2D eigenvalue weighted by atomic mass is 10.1. The zero-order chi connectivity index (χ0) is 29.4. The van der Waals surface area contributed by atoms with Crippen molar-refractivity contribution in [3.63, 3.8) is 0 Å². The lowest BCUT2D eigenvalue weighted by Gasteiger charge is -2.32. The summed E-state index contributed by atoms with van der Waals surface area (Å²) in [7, 11) is 4.54. The molecule has 3 heterocycles. The first-order chi connectivity index (χ1) is 19.8. The molecule has 4 rings (SSSR count). The monoisotopic (exact) mass is 575 g/mol. The van der Waals surface area contributed by atoms with Crippen molar-refractivity contribution in [3.05, 3.63) is 47.4 Å². The van der Waals surface area contributed by atoms with Crippen molar-refractivity contribution in [2.75, 3.05) is 59.4 Å². The summed E-state index contributed by atoms with van der Waals surface area (Å²) >= 11 is 0. The highest BCUT2D eigenvalue weighted by Crippen LogP contribution is 2.32. The van der Waals surface area contributed by atoms with Gasteiger partial charge < -0.3 is 39.8 Å². The van der Waals surface area contributed by atoms with Gasteiger partial charge in [0.2, 0.25) is 5.95 Å². The van der Waals surface area contributed by atoms with Crippen LogP contribution in [0.3, 0.4) is 0 Å². The van der Waals surface area contributed by atoms with E-state index in [1.165, 1.54) is 32.7 Å². The molecule has 3 N–H and O–H groups in total. The number of carbonyl (C=O) groups is 1. The van der Waals surface area contributed by atoms with Gasteiger partial charge in [-0.25, -0.2) is 23.7 Å². The quantitative estimate of drug-likeness (QED) is 0.260. The Morgan fingerprint density at radius 1 is 1.15 bits per heavy atom. The second-order valence-electron chi connectivity index (χ2n) is 9.57. The zero-order valence-corrected chi connectivity index (χ0v) is 23.4. The fourth-order valence-electron chi connectivity index (χ4n) is 4.28. The van der Waals surface area contributed by atoms with Crippen LogP contribution < -0.4 is 25.3 Å². The molecule has 2 aromatic rings. The Bertz CT molecular complexity index is 1230. The summed E-state index contributed by atoms with van der Waals surface area (Å²) in [6, 6.07) is 1.12. The summed E-state index contributed by atoms with van der Waals surface area (Å²) in [5.74, 6) is -1.87. The van der Waals surface area contributed by atoms with Gasteiger partial charge in [-0.05, 0) is 26.3 Å². The molecule has 1 aromatic heterocycles. The number of aromatic nitrogens is 2. The van der Waals surface area contributed by atoms with Gasteiger partial charge in [-0.2, -0.15) is 0 Å². The number of rotatable bonds is 9. The molecular weight excluding hydrogens is 540 g/mol. The minimum Gasteiger partial charge on any atom is -0.494 e. The number of halogens is 2. The van der Waals surface area contributed by atoms with Crippen molar-refractivity contribution >= 4 is 17.7 Å². The van der Waals surface area contributed by atoms with Crippen molar-refractivity contribution in [2.24, 2.45) is 10.7 Å². The van der Waals surface area contributed by atoms with Crippen molar-refractivity contribution in [3.8, 4) is 17.2 Å². The Kier molecular flexibility index (Phi) is 10.2. The van der Waals surface area contributed by atoms with Crippen LogP contribution in [0.15, 0.2) is 35.2 Å². The molecule has 0 bridgehead atoms. The Labute approximate surface area is 237 Å². The van der Waals surface area contributed by atoms with Gasteiger partial charge in [-0.15, -0.1) is 0 Å². The topological polar surface area (TPSA) is 137 Å². The lowest BCUT2D eigenvalue weighted by molar-refractivity contribution is -0.128. The summed E-state index contributed by atoms with van der Waals surface area (Å²) in [5, 5.41) is 2.98. The average molecular weight is 576 g/mol. The molecule has 12 nitrogen and oxygen atoms in total. The van der Waals surface area contributed by atoms with Gasteiger partial charge in [0.1, 0.15) is 18.1 Å². The molecule has 0 spiro atoms. The van der Waals surface area contributed by atoms with Gasteiger partial charge in [0.25, 0.3) is 5.91 Å². The summed E-state index contributed by atoms with van der Waals surface area (Å²) in [6.45, 7) is 2.82. The number of piperazine rings is 1. The normalized spacial score (nSPS) is 18.7. The minimum atomic E-state index is -0.897. The van der Waals surface area contributed by atoms with Crippen molar-refractivity contribution in [1.82, 2.24) is 19.8 Å². The van der Waals surface area contributed by atoms with Gasteiger partial charge in [0.15, 0.2) is 35.1 Å². The maximum Gasteiger partial charge on any atom is 0.269 e. The van der Waals surface area contributed by atoms with Gasteiger partial charge in [0, 0.05) is 44.9 Å². The summed E-state index contributed by atoms with van der Waals surface area (Å²) < 4.78 is 50.4. The highest BCUT2D eigenvalue weighted by Gasteiger charge is 2.23. The van der Waals surface area contributed by atoms with E-state index < -0.39 is 24.5 Å². The first-order valence-corrected chi connectivity index (χ1v) is 13.2. The number of nitrogens with one attached hydrogen (secondary N) is 1. The SMILES string of the molecule is COc1cc(OC)c(F)c(COc2cnc(NC(C=C(N)C(=O)N3CCN(C)CC3)=NC3CCCCO3)nc2)c1F. The van der Waals surface area contributed by atoms with Gasteiger partial charge in [0.05, 0.1) is 32.2 Å². The van der Waals surface area contributed by atoms with Crippen LogP contribution in [-0.2, 0) is 16.1 Å².